The predicted octanol–water partition coefficient (Wildman–Crippen LogP) is 4.49. The number of nitrogens with one attached hydrogen (secondary N) is 1. The number of hydrogen-bond acceptors (Lipinski definition) is 4. The molecule has 0 aliphatic carbocycles. The van der Waals surface area contributed by atoms with Crippen LogP contribution < -0.4 is 14.8 Å². The van der Waals surface area contributed by atoms with Gasteiger partial charge < -0.3 is 19.7 Å². The lowest BCUT2D eigenvalue weighted by atomic mass is 10.1. The number of halogens is 1. The average Bonchev–Trinajstić information content (AvgIpc) is 2.65. The van der Waals surface area contributed by atoms with Crippen LogP contribution in [-0.4, -0.2) is 45.2 Å². The van der Waals surface area contributed by atoms with Crippen LogP contribution in [0.3, 0.4) is 0 Å². The molecular formula is C21H27ClN2O3. The monoisotopic (exact) mass is 390 g/mol. The van der Waals surface area contributed by atoms with E-state index >= 15 is 0 Å². The normalized spacial score (nSPS) is 10.7. The molecule has 0 bridgehead atoms. The quantitative estimate of drug-likeness (QED) is 0.685. The third-order valence-electron chi connectivity index (χ3n) is 4.00. The lowest BCUT2D eigenvalue weighted by Gasteiger charge is -2.14. The van der Waals surface area contributed by atoms with Crippen LogP contribution >= 0.6 is 11.6 Å². The number of methoxy groups -OCH3 is 1. The summed E-state index contributed by atoms with van der Waals surface area (Å²) in [5, 5.41) is 3.24. The van der Waals surface area contributed by atoms with Crippen LogP contribution in [0.4, 0.5) is 5.69 Å². The Labute approximate surface area is 166 Å². The second-order valence-corrected chi connectivity index (χ2v) is 6.95. The number of hydrogen-bond donors (Lipinski definition) is 1. The molecular weight excluding hydrogens is 364 g/mol. The number of carbonyl (C=O) groups is 1. The minimum atomic E-state index is -0.252. The van der Waals surface area contributed by atoms with Crippen molar-refractivity contribution in [3.8, 4) is 11.5 Å². The molecule has 2 aromatic rings. The van der Waals surface area contributed by atoms with Gasteiger partial charge in [-0.3, -0.25) is 4.79 Å². The molecule has 0 spiro atoms. The first-order valence-corrected chi connectivity index (χ1v) is 9.37. The molecule has 2 rings (SSSR count). The van der Waals surface area contributed by atoms with E-state index in [-0.39, 0.29) is 5.91 Å². The Hall–Kier alpha value is -2.24. The summed E-state index contributed by atoms with van der Waals surface area (Å²) in [4.78, 5) is 14.7. The van der Waals surface area contributed by atoms with Crippen molar-refractivity contribution in [2.75, 3.05) is 39.7 Å². The van der Waals surface area contributed by atoms with Crippen molar-refractivity contribution >= 4 is 23.2 Å². The van der Waals surface area contributed by atoms with Crippen LogP contribution in [0.15, 0.2) is 36.4 Å². The van der Waals surface area contributed by atoms with Gasteiger partial charge in [0.1, 0.15) is 0 Å². The van der Waals surface area contributed by atoms with Crippen molar-refractivity contribution in [1.82, 2.24) is 4.90 Å². The minimum absolute atomic E-state index is 0.252. The van der Waals surface area contributed by atoms with Crippen LogP contribution in [0.5, 0.6) is 11.5 Å². The molecule has 6 heteroatoms. The molecule has 0 atom stereocenters. The number of carbonyl (C=O) groups excluding carboxylic acids is 1. The fourth-order valence-electron chi connectivity index (χ4n) is 2.51. The highest BCUT2D eigenvalue weighted by Gasteiger charge is 2.16. The number of likely N-dealkylation sites (N-methyl/N-ethyl adjacent to an activating group) is 1. The standard InChI is InChI=1S/C21H27ClN2O3/c1-5-12-27-20-18(22)13-16(14-19(20)26-4)21(25)23-17-8-6-15(7-9-17)10-11-24(2)3/h6-9,13-14H,5,10-12H2,1-4H3,(H,23,25). The molecule has 0 fully saturated rings. The summed E-state index contributed by atoms with van der Waals surface area (Å²) in [5.41, 5.74) is 2.37. The van der Waals surface area contributed by atoms with Crippen molar-refractivity contribution < 1.29 is 14.3 Å². The molecule has 0 unspecified atom stereocenters. The van der Waals surface area contributed by atoms with Gasteiger partial charge in [-0.1, -0.05) is 30.7 Å². The molecule has 146 valence electrons. The average molecular weight is 391 g/mol. The summed E-state index contributed by atoms with van der Waals surface area (Å²) in [7, 11) is 5.62. The highest BCUT2D eigenvalue weighted by molar-refractivity contribution is 6.32. The maximum absolute atomic E-state index is 12.6. The van der Waals surface area contributed by atoms with Crippen LogP contribution in [0.2, 0.25) is 5.02 Å². The van der Waals surface area contributed by atoms with Gasteiger partial charge in [-0.05, 0) is 56.8 Å². The van der Waals surface area contributed by atoms with Gasteiger partial charge in [0.25, 0.3) is 5.91 Å². The smallest absolute Gasteiger partial charge is 0.255 e. The van der Waals surface area contributed by atoms with Gasteiger partial charge >= 0.3 is 0 Å². The van der Waals surface area contributed by atoms with E-state index in [0.717, 1.165) is 25.1 Å². The molecule has 1 amide bonds. The molecule has 0 saturated carbocycles. The largest absolute Gasteiger partial charge is 0.493 e. The molecule has 0 aromatic heterocycles. The van der Waals surface area contributed by atoms with Gasteiger partial charge in [-0.2, -0.15) is 0 Å². The lowest BCUT2D eigenvalue weighted by Crippen LogP contribution is -2.15. The molecule has 2 aromatic carbocycles. The zero-order chi connectivity index (χ0) is 19.8. The van der Waals surface area contributed by atoms with E-state index in [1.54, 1.807) is 12.1 Å². The number of anilines is 1. The molecule has 1 N–H and O–H groups in total. The SMILES string of the molecule is CCCOc1c(Cl)cc(C(=O)Nc2ccc(CCN(C)C)cc2)cc1OC. The number of benzene rings is 2. The summed E-state index contributed by atoms with van der Waals surface area (Å²) in [6.07, 6.45) is 1.82. The van der Waals surface area contributed by atoms with Crippen LogP contribution in [-0.2, 0) is 6.42 Å². The van der Waals surface area contributed by atoms with E-state index in [2.05, 4.69) is 10.2 Å². The van der Waals surface area contributed by atoms with E-state index in [9.17, 15) is 4.79 Å². The highest BCUT2D eigenvalue weighted by atomic mass is 35.5. The predicted molar refractivity (Wildman–Crippen MR) is 110 cm³/mol. The third-order valence-corrected chi connectivity index (χ3v) is 4.28. The Kier molecular flexibility index (Phi) is 7.95. The first-order valence-electron chi connectivity index (χ1n) is 9.00. The van der Waals surface area contributed by atoms with Crippen LogP contribution in [0, 0.1) is 0 Å². The van der Waals surface area contributed by atoms with Gasteiger partial charge in [0.15, 0.2) is 11.5 Å². The molecule has 0 aliphatic rings. The summed E-state index contributed by atoms with van der Waals surface area (Å²) in [6.45, 7) is 3.52. The van der Waals surface area contributed by atoms with Crippen molar-refractivity contribution in [2.45, 2.75) is 19.8 Å². The fraction of sp³-hybridized carbons (Fsp3) is 0.381. The molecule has 0 aliphatic heterocycles. The van der Waals surface area contributed by atoms with Crippen molar-refractivity contribution in [3.05, 3.63) is 52.5 Å². The van der Waals surface area contributed by atoms with Gasteiger partial charge in [0.2, 0.25) is 0 Å². The maximum Gasteiger partial charge on any atom is 0.255 e. The maximum atomic E-state index is 12.6. The van der Waals surface area contributed by atoms with Gasteiger partial charge in [-0.25, -0.2) is 0 Å². The molecule has 27 heavy (non-hydrogen) atoms. The van der Waals surface area contributed by atoms with Crippen molar-refractivity contribution in [1.29, 1.82) is 0 Å². The first-order chi connectivity index (χ1) is 12.9. The number of ether oxygens (including phenoxy) is 2. The highest BCUT2D eigenvalue weighted by Crippen LogP contribution is 2.36. The lowest BCUT2D eigenvalue weighted by molar-refractivity contribution is 0.102. The van der Waals surface area contributed by atoms with Gasteiger partial charge in [0.05, 0.1) is 18.7 Å². The van der Waals surface area contributed by atoms with Crippen LogP contribution in [0.25, 0.3) is 0 Å². The van der Waals surface area contributed by atoms with Gasteiger partial charge in [0, 0.05) is 17.8 Å². The van der Waals surface area contributed by atoms with E-state index in [4.69, 9.17) is 21.1 Å². The Morgan fingerprint density at radius 1 is 1.19 bits per heavy atom. The Morgan fingerprint density at radius 3 is 2.48 bits per heavy atom. The van der Waals surface area contributed by atoms with Gasteiger partial charge in [-0.15, -0.1) is 0 Å². The molecule has 0 heterocycles. The molecule has 0 saturated heterocycles. The van der Waals surface area contributed by atoms with Crippen LogP contribution in [0.1, 0.15) is 29.3 Å². The first kappa shape index (κ1) is 21.1. The summed E-state index contributed by atoms with van der Waals surface area (Å²) < 4.78 is 11.0. The number of amides is 1. The van der Waals surface area contributed by atoms with Crippen molar-refractivity contribution in [3.63, 3.8) is 0 Å². The summed E-state index contributed by atoms with van der Waals surface area (Å²) in [6, 6.07) is 11.1. The Morgan fingerprint density at radius 2 is 1.89 bits per heavy atom. The third kappa shape index (κ3) is 6.15. The van der Waals surface area contributed by atoms with Crippen molar-refractivity contribution in [2.24, 2.45) is 0 Å². The van der Waals surface area contributed by atoms with E-state index in [1.807, 2.05) is 45.3 Å². The van der Waals surface area contributed by atoms with E-state index in [0.29, 0.717) is 28.7 Å². The minimum Gasteiger partial charge on any atom is -0.493 e. The Bertz CT molecular complexity index is 761. The number of rotatable bonds is 9. The zero-order valence-corrected chi connectivity index (χ0v) is 17.1. The topological polar surface area (TPSA) is 50.8 Å². The second kappa shape index (κ2) is 10.2. The fourth-order valence-corrected chi connectivity index (χ4v) is 2.77. The molecule has 5 nitrogen and oxygen atoms in total. The number of nitrogens with zero attached hydrogens (tertiary/aromatic N) is 1. The van der Waals surface area contributed by atoms with E-state index < -0.39 is 0 Å². The van der Waals surface area contributed by atoms with E-state index in [1.165, 1.54) is 12.7 Å². The summed E-state index contributed by atoms with van der Waals surface area (Å²) in [5.74, 6) is 0.654. The zero-order valence-electron chi connectivity index (χ0n) is 16.3. The Balaban J connectivity index is 2.10. The summed E-state index contributed by atoms with van der Waals surface area (Å²) >= 11 is 6.29. The molecule has 0 radical (unpaired) electrons. The second-order valence-electron chi connectivity index (χ2n) is 6.54.